The number of hydrogen-bond donors (Lipinski definition) is 0. The third-order valence-corrected chi connectivity index (χ3v) is 5.10. The van der Waals surface area contributed by atoms with Gasteiger partial charge in [0.25, 0.3) is 10.0 Å². The fourth-order valence-electron chi connectivity index (χ4n) is 1.59. The number of halogens is 2. The van der Waals surface area contributed by atoms with E-state index in [4.69, 9.17) is 23.2 Å². The first kappa shape index (κ1) is 15.8. The first-order chi connectivity index (χ1) is 8.45. The highest BCUT2D eigenvalue weighted by atomic mass is 35.5. The standard InChI is InChI=1S/C10H17Cl2N3O2S/c1-3-4-6-15(7-5-11)18(16,17)10-9(12)8-13-14(10)2/h8H,3-7H2,1-2H3. The van der Waals surface area contributed by atoms with E-state index < -0.39 is 10.0 Å². The van der Waals surface area contributed by atoms with Crippen LogP contribution in [0.5, 0.6) is 0 Å². The summed E-state index contributed by atoms with van der Waals surface area (Å²) in [7, 11) is -2.08. The summed E-state index contributed by atoms with van der Waals surface area (Å²) in [6.45, 7) is 2.71. The number of hydrogen-bond acceptors (Lipinski definition) is 3. The Morgan fingerprint density at radius 1 is 1.44 bits per heavy atom. The normalized spacial score (nSPS) is 12.3. The molecule has 8 heteroatoms. The lowest BCUT2D eigenvalue weighted by Gasteiger charge is -2.21. The van der Waals surface area contributed by atoms with Gasteiger partial charge in [-0.15, -0.1) is 11.6 Å². The highest BCUT2D eigenvalue weighted by Gasteiger charge is 2.29. The van der Waals surface area contributed by atoms with Crippen molar-refractivity contribution in [2.24, 2.45) is 7.05 Å². The summed E-state index contributed by atoms with van der Waals surface area (Å²) in [5, 5.41) is 4.00. The average molecular weight is 314 g/mol. The number of alkyl halides is 1. The number of unbranched alkanes of at least 4 members (excludes halogenated alkanes) is 1. The predicted molar refractivity (Wildman–Crippen MR) is 72.6 cm³/mol. The van der Waals surface area contributed by atoms with Gasteiger partial charge in [0.1, 0.15) is 0 Å². The van der Waals surface area contributed by atoms with Crippen molar-refractivity contribution in [2.75, 3.05) is 19.0 Å². The van der Waals surface area contributed by atoms with Gasteiger partial charge in [-0.3, -0.25) is 4.68 Å². The van der Waals surface area contributed by atoms with Gasteiger partial charge in [0.15, 0.2) is 5.03 Å². The van der Waals surface area contributed by atoms with Crippen LogP contribution in [-0.4, -0.2) is 41.5 Å². The number of sulfonamides is 1. The van der Waals surface area contributed by atoms with E-state index in [0.29, 0.717) is 6.54 Å². The van der Waals surface area contributed by atoms with Gasteiger partial charge in [-0.1, -0.05) is 24.9 Å². The number of nitrogens with zero attached hydrogens (tertiary/aromatic N) is 3. The molecule has 0 aromatic carbocycles. The summed E-state index contributed by atoms with van der Waals surface area (Å²) in [6.07, 6.45) is 3.02. The summed E-state index contributed by atoms with van der Waals surface area (Å²) in [4.78, 5) is 0. The van der Waals surface area contributed by atoms with Crippen LogP contribution >= 0.6 is 23.2 Å². The average Bonchev–Trinajstić information content (AvgIpc) is 2.64. The molecule has 0 fully saturated rings. The van der Waals surface area contributed by atoms with E-state index in [0.717, 1.165) is 12.8 Å². The second-order valence-electron chi connectivity index (χ2n) is 3.87. The Hall–Kier alpha value is -0.300. The molecule has 0 bridgehead atoms. The summed E-state index contributed by atoms with van der Waals surface area (Å²) >= 11 is 11.5. The molecule has 1 rings (SSSR count). The van der Waals surface area contributed by atoms with E-state index in [-0.39, 0.29) is 22.5 Å². The molecule has 0 aliphatic carbocycles. The quantitative estimate of drug-likeness (QED) is 0.724. The molecule has 18 heavy (non-hydrogen) atoms. The highest BCUT2D eigenvalue weighted by molar-refractivity contribution is 7.89. The van der Waals surface area contributed by atoms with Crippen molar-refractivity contribution in [2.45, 2.75) is 24.8 Å². The second kappa shape index (κ2) is 6.75. The van der Waals surface area contributed by atoms with Crippen LogP contribution in [-0.2, 0) is 17.1 Å². The van der Waals surface area contributed by atoms with Gasteiger partial charge in [-0.05, 0) is 6.42 Å². The van der Waals surface area contributed by atoms with Crippen molar-refractivity contribution in [1.29, 1.82) is 0 Å². The van der Waals surface area contributed by atoms with Crippen molar-refractivity contribution in [3.05, 3.63) is 11.2 Å². The van der Waals surface area contributed by atoms with Crippen LogP contribution in [0.1, 0.15) is 19.8 Å². The number of aryl methyl sites for hydroxylation is 1. The van der Waals surface area contributed by atoms with Crippen LogP contribution in [0.2, 0.25) is 5.02 Å². The molecule has 5 nitrogen and oxygen atoms in total. The monoisotopic (exact) mass is 313 g/mol. The maximum absolute atomic E-state index is 12.5. The van der Waals surface area contributed by atoms with Gasteiger partial charge in [0.2, 0.25) is 0 Å². The van der Waals surface area contributed by atoms with Crippen molar-refractivity contribution in [3.63, 3.8) is 0 Å². The van der Waals surface area contributed by atoms with Crippen LogP contribution in [0.25, 0.3) is 0 Å². The number of rotatable bonds is 7. The molecular weight excluding hydrogens is 297 g/mol. The van der Waals surface area contributed by atoms with E-state index in [1.165, 1.54) is 15.2 Å². The minimum absolute atomic E-state index is 0.0189. The zero-order valence-corrected chi connectivity index (χ0v) is 12.8. The maximum Gasteiger partial charge on any atom is 0.261 e. The maximum atomic E-state index is 12.5. The van der Waals surface area contributed by atoms with E-state index in [9.17, 15) is 8.42 Å². The predicted octanol–water partition coefficient (Wildman–Crippen LogP) is 2.10. The van der Waals surface area contributed by atoms with E-state index >= 15 is 0 Å². The van der Waals surface area contributed by atoms with Crippen LogP contribution in [0.4, 0.5) is 0 Å². The topological polar surface area (TPSA) is 55.2 Å². The minimum Gasteiger partial charge on any atom is -0.255 e. The summed E-state index contributed by atoms with van der Waals surface area (Å²) < 4.78 is 27.5. The van der Waals surface area contributed by atoms with Gasteiger partial charge >= 0.3 is 0 Å². The fraction of sp³-hybridized carbons (Fsp3) is 0.700. The Kier molecular flexibility index (Phi) is 5.91. The molecule has 0 spiro atoms. The molecule has 0 unspecified atom stereocenters. The number of aromatic nitrogens is 2. The molecule has 0 atom stereocenters. The molecule has 1 aromatic heterocycles. The Morgan fingerprint density at radius 3 is 2.56 bits per heavy atom. The Labute approximate surface area is 118 Å². The Morgan fingerprint density at radius 2 is 2.11 bits per heavy atom. The van der Waals surface area contributed by atoms with Crippen molar-refractivity contribution in [1.82, 2.24) is 14.1 Å². The Bertz CT molecular complexity index is 468. The third-order valence-electron chi connectivity index (χ3n) is 2.52. The smallest absolute Gasteiger partial charge is 0.255 e. The van der Waals surface area contributed by atoms with Gasteiger partial charge in [-0.2, -0.15) is 9.40 Å². The SMILES string of the molecule is CCCCN(CCCl)S(=O)(=O)c1c(Cl)cnn1C. The molecule has 104 valence electrons. The zero-order chi connectivity index (χ0) is 13.8. The van der Waals surface area contributed by atoms with Crippen LogP contribution < -0.4 is 0 Å². The largest absolute Gasteiger partial charge is 0.261 e. The Balaban J connectivity index is 3.09. The van der Waals surface area contributed by atoms with Crippen LogP contribution in [0.3, 0.4) is 0 Å². The molecular formula is C10H17Cl2N3O2S. The lowest BCUT2D eigenvalue weighted by atomic mass is 10.3. The first-order valence-corrected chi connectivity index (χ1v) is 8.04. The molecule has 0 N–H and O–H groups in total. The van der Waals surface area contributed by atoms with Crippen LogP contribution in [0, 0.1) is 0 Å². The third kappa shape index (κ3) is 3.38. The fourth-order valence-corrected chi connectivity index (χ4v) is 3.98. The van der Waals surface area contributed by atoms with E-state index in [2.05, 4.69) is 5.10 Å². The highest BCUT2D eigenvalue weighted by Crippen LogP contribution is 2.23. The molecule has 0 radical (unpaired) electrons. The molecule has 0 aliphatic heterocycles. The second-order valence-corrected chi connectivity index (χ2v) is 6.51. The van der Waals surface area contributed by atoms with Gasteiger partial charge in [-0.25, -0.2) is 8.42 Å². The molecule has 0 saturated carbocycles. The van der Waals surface area contributed by atoms with Gasteiger partial charge in [0, 0.05) is 26.0 Å². The first-order valence-electron chi connectivity index (χ1n) is 5.68. The lowest BCUT2D eigenvalue weighted by Crippen LogP contribution is -2.35. The van der Waals surface area contributed by atoms with Crippen LogP contribution in [0.15, 0.2) is 11.2 Å². The molecule has 1 heterocycles. The molecule has 0 amide bonds. The summed E-state index contributed by atoms with van der Waals surface area (Å²) in [5.74, 6) is 0.248. The van der Waals surface area contributed by atoms with E-state index in [1.54, 1.807) is 7.05 Å². The molecule has 1 aromatic rings. The summed E-state index contributed by atoms with van der Waals surface area (Å²) in [5.41, 5.74) is 0. The zero-order valence-electron chi connectivity index (χ0n) is 10.4. The van der Waals surface area contributed by atoms with Crippen molar-refractivity contribution >= 4 is 33.2 Å². The van der Waals surface area contributed by atoms with E-state index in [1.807, 2.05) is 6.92 Å². The lowest BCUT2D eigenvalue weighted by molar-refractivity contribution is 0.414. The molecule has 0 aliphatic rings. The van der Waals surface area contributed by atoms with Crippen molar-refractivity contribution < 1.29 is 8.42 Å². The van der Waals surface area contributed by atoms with Gasteiger partial charge < -0.3 is 0 Å². The summed E-state index contributed by atoms with van der Waals surface area (Å²) in [6, 6.07) is 0. The minimum atomic E-state index is -3.64. The van der Waals surface area contributed by atoms with Crippen molar-refractivity contribution in [3.8, 4) is 0 Å². The van der Waals surface area contributed by atoms with Gasteiger partial charge in [0.05, 0.1) is 11.2 Å². The molecule has 0 saturated heterocycles.